The van der Waals surface area contributed by atoms with Crippen LogP contribution in [0.1, 0.15) is 49.3 Å². The van der Waals surface area contributed by atoms with Gasteiger partial charge in [0.25, 0.3) is 10.0 Å². The molecule has 7 nitrogen and oxygen atoms in total. The van der Waals surface area contributed by atoms with Crippen molar-refractivity contribution in [3.63, 3.8) is 0 Å². The van der Waals surface area contributed by atoms with Gasteiger partial charge < -0.3 is 9.84 Å². The fraction of sp³-hybridized carbons (Fsp3) is 0.267. The smallest absolute Gasteiger partial charge is 0.303 e. The number of benzene rings is 3. The van der Waals surface area contributed by atoms with E-state index in [1.807, 2.05) is 0 Å². The topological polar surface area (TPSA) is 101 Å². The lowest BCUT2D eigenvalue weighted by molar-refractivity contribution is -0.138. The van der Waals surface area contributed by atoms with Gasteiger partial charge in [0.1, 0.15) is 23.5 Å². The SMILES string of the molecule is C/C(=C\c1ccc2c(c1)N(S(=O)(=O)c1cccc(C)c1)C[C@H](CCC(=O)CCC(=O)O)O2)c1c(F)cccc1Cl. The van der Waals surface area contributed by atoms with Crippen LogP contribution >= 0.6 is 11.6 Å². The summed E-state index contributed by atoms with van der Waals surface area (Å²) in [5, 5.41) is 9.09. The molecule has 3 aromatic carbocycles. The summed E-state index contributed by atoms with van der Waals surface area (Å²) in [5.74, 6) is -1.42. The van der Waals surface area contributed by atoms with Crippen molar-refractivity contribution in [2.75, 3.05) is 10.8 Å². The monoisotopic (exact) mass is 585 g/mol. The molecule has 1 aliphatic rings. The van der Waals surface area contributed by atoms with E-state index in [1.165, 1.54) is 22.5 Å². The second-order valence-electron chi connectivity index (χ2n) is 9.71. The number of allylic oxidation sites excluding steroid dienone is 1. The molecule has 0 aromatic heterocycles. The van der Waals surface area contributed by atoms with Crippen LogP contribution in [0.5, 0.6) is 5.75 Å². The van der Waals surface area contributed by atoms with E-state index < -0.39 is 27.9 Å². The highest BCUT2D eigenvalue weighted by Gasteiger charge is 2.35. The highest BCUT2D eigenvalue weighted by Crippen LogP contribution is 2.39. The number of aliphatic carboxylic acids is 1. The minimum absolute atomic E-state index is 0.0409. The summed E-state index contributed by atoms with van der Waals surface area (Å²) in [6, 6.07) is 16.1. The van der Waals surface area contributed by atoms with Gasteiger partial charge in [-0.1, -0.05) is 41.9 Å². The Balaban J connectivity index is 1.70. The van der Waals surface area contributed by atoms with E-state index in [4.69, 9.17) is 21.4 Å². The van der Waals surface area contributed by atoms with Gasteiger partial charge in [0.2, 0.25) is 0 Å². The van der Waals surface area contributed by atoms with Gasteiger partial charge >= 0.3 is 5.97 Å². The molecular weight excluding hydrogens is 557 g/mol. The molecule has 1 N–H and O–H groups in total. The Morgan fingerprint density at radius 2 is 1.85 bits per heavy atom. The number of hydrogen-bond donors (Lipinski definition) is 1. The van der Waals surface area contributed by atoms with Crippen molar-refractivity contribution in [1.82, 2.24) is 0 Å². The van der Waals surface area contributed by atoms with Crippen LogP contribution in [0.25, 0.3) is 11.6 Å². The molecule has 0 bridgehead atoms. The Labute approximate surface area is 237 Å². The average Bonchev–Trinajstić information content (AvgIpc) is 2.90. The lowest BCUT2D eigenvalue weighted by Gasteiger charge is -2.35. The van der Waals surface area contributed by atoms with Crippen LogP contribution in [0.3, 0.4) is 0 Å². The van der Waals surface area contributed by atoms with Gasteiger partial charge in [-0.25, -0.2) is 12.8 Å². The summed E-state index contributed by atoms with van der Waals surface area (Å²) < 4.78 is 49.6. The van der Waals surface area contributed by atoms with Crippen LogP contribution in [-0.2, 0) is 19.6 Å². The van der Waals surface area contributed by atoms with E-state index in [0.717, 1.165) is 5.56 Å². The maximum absolute atomic E-state index is 14.5. The third kappa shape index (κ3) is 6.71. The molecule has 10 heteroatoms. The number of anilines is 1. The first-order chi connectivity index (χ1) is 19.0. The Morgan fingerprint density at radius 3 is 2.55 bits per heavy atom. The van der Waals surface area contributed by atoms with Gasteiger partial charge in [-0.05, 0) is 73.4 Å². The first-order valence-corrected chi connectivity index (χ1v) is 14.5. The number of ketones is 1. The van der Waals surface area contributed by atoms with E-state index in [2.05, 4.69) is 0 Å². The summed E-state index contributed by atoms with van der Waals surface area (Å²) in [5.41, 5.74) is 2.53. The zero-order valence-corrected chi connectivity index (χ0v) is 23.6. The predicted octanol–water partition coefficient (Wildman–Crippen LogP) is 6.52. The molecule has 40 heavy (non-hydrogen) atoms. The maximum Gasteiger partial charge on any atom is 0.303 e. The molecule has 0 radical (unpaired) electrons. The Morgan fingerprint density at radius 1 is 1.10 bits per heavy atom. The Bertz CT molecular complexity index is 1570. The van der Waals surface area contributed by atoms with Crippen molar-refractivity contribution in [2.45, 2.75) is 50.5 Å². The summed E-state index contributed by atoms with van der Waals surface area (Å²) in [6.07, 6.45) is 1.04. The lowest BCUT2D eigenvalue weighted by atomic mass is 10.0. The largest absolute Gasteiger partial charge is 0.486 e. The number of Topliss-reactive ketones (excluding diaryl/α,β-unsaturated/α-hetero) is 1. The average molecular weight is 586 g/mol. The number of ether oxygens (including phenoxy) is 1. The molecule has 0 saturated carbocycles. The predicted molar refractivity (Wildman–Crippen MR) is 153 cm³/mol. The van der Waals surface area contributed by atoms with E-state index >= 15 is 0 Å². The van der Waals surface area contributed by atoms with Crippen LogP contribution in [0.4, 0.5) is 10.1 Å². The molecule has 0 fully saturated rings. The van der Waals surface area contributed by atoms with Crippen molar-refractivity contribution in [3.8, 4) is 5.75 Å². The molecule has 1 aliphatic heterocycles. The number of rotatable bonds is 10. The van der Waals surface area contributed by atoms with Crippen molar-refractivity contribution in [1.29, 1.82) is 0 Å². The van der Waals surface area contributed by atoms with Gasteiger partial charge in [0, 0.05) is 18.4 Å². The highest BCUT2D eigenvalue weighted by atomic mass is 35.5. The first-order valence-electron chi connectivity index (χ1n) is 12.7. The molecule has 0 amide bonds. The Kier molecular flexibility index (Phi) is 8.95. The number of sulfonamides is 1. The fourth-order valence-electron chi connectivity index (χ4n) is 4.59. The number of carboxylic acids is 1. The lowest BCUT2D eigenvalue weighted by Crippen LogP contribution is -2.43. The molecule has 0 aliphatic carbocycles. The molecule has 1 atom stereocenters. The number of carbonyl (C=O) groups excluding carboxylic acids is 1. The van der Waals surface area contributed by atoms with Crippen LogP contribution in [0, 0.1) is 12.7 Å². The van der Waals surface area contributed by atoms with Gasteiger partial charge in [0.05, 0.1) is 28.6 Å². The Hall–Kier alpha value is -3.69. The second kappa shape index (κ2) is 12.2. The summed E-state index contributed by atoms with van der Waals surface area (Å²) in [4.78, 5) is 23.1. The summed E-state index contributed by atoms with van der Waals surface area (Å²) in [7, 11) is -4.01. The molecule has 1 heterocycles. The van der Waals surface area contributed by atoms with Crippen LogP contribution in [-0.4, -0.2) is 37.9 Å². The van der Waals surface area contributed by atoms with Crippen molar-refractivity contribution >= 4 is 50.7 Å². The van der Waals surface area contributed by atoms with Gasteiger partial charge in [-0.15, -0.1) is 0 Å². The third-order valence-corrected chi connectivity index (χ3v) is 8.69. The number of carbonyl (C=O) groups is 2. The standard InChI is InChI=1S/C30H29ClFNO6S/c1-19-5-3-6-24(15-19)40(37,38)33-18-23(12-10-22(34)11-14-29(35)36)39-28-13-9-21(17-27(28)33)16-20(2)30-25(31)7-4-8-26(30)32/h3-9,13,15-17,23H,10-12,14,18H2,1-2H3,(H,35,36)/b20-16+/t23-/m0/s1. The van der Waals surface area contributed by atoms with E-state index in [1.54, 1.807) is 62.4 Å². The third-order valence-electron chi connectivity index (χ3n) is 6.60. The second-order valence-corrected chi connectivity index (χ2v) is 12.0. The molecule has 0 unspecified atom stereocenters. The van der Waals surface area contributed by atoms with Crippen molar-refractivity contribution in [3.05, 3.63) is 88.2 Å². The normalized spacial score (nSPS) is 15.3. The van der Waals surface area contributed by atoms with Crippen LogP contribution in [0.15, 0.2) is 65.6 Å². The number of aryl methyl sites for hydroxylation is 1. The van der Waals surface area contributed by atoms with E-state index in [-0.39, 0.29) is 53.5 Å². The number of fused-ring (bicyclic) bond motifs is 1. The van der Waals surface area contributed by atoms with Gasteiger partial charge in [-0.2, -0.15) is 0 Å². The first kappa shape index (κ1) is 29.3. The van der Waals surface area contributed by atoms with E-state index in [9.17, 15) is 22.4 Å². The number of carboxylic acid groups (broad SMARTS) is 1. The van der Waals surface area contributed by atoms with Crippen molar-refractivity contribution in [2.24, 2.45) is 0 Å². The summed E-state index contributed by atoms with van der Waals surface area (Å²) in [6.45, 7) is 3.48. The molecule has 0 spiro atoms. The minimum Gasteiger partial charge on any atom is -0.486 e. The van der Waals surface area contributed by atoms with E-state index in [0.29, 0.717) is 22.6 Å². The number of hydrogen-bond acceptors (Lipinski definition) is 5. The van der Waals surface area contributed by atoms with Gasteiger partial charge in [0.15, 0.2) is 0 Å². The minimum atomic E-state index is -4.01. The summed E-state index contributed by atoms with van der Waals surface area (Å²) >= 11 is 6.23. The van der Waals surface area contributed by atoms with Crippen LogP contribution in [0.2, 0.25) is 5.02 Å². The maximum atomic E-state index is 14.5. The molecule has 0 saturated heterocycles. The van der Waals surface area contributed by atoms with Crippen LogP contribution < -0.4 is 9.04 Å². The number of halogens is 2. The van der Waals surface area contributed by atoms with Crippen molar-refractivity contribution < 1.29 is 32.2 Å². The molecule has 3 aromatic rings. The molecule has 210 valence electrons. The zero-order valence-electron chi connectivity index (χ0n) is 22.1. The van der Waals surface area contributed by atoms with Gasteiger partial charge in [-0.3, -0.25) is 13.9 Å². The fourth-order valence-corrected chi connectivity index (χ4v) is 6.51. The number of nitrogens with zero attached hydrogens (tertiary/aromatic N) is 1. The quantitative estimate of drug-likeness (QED) is 0.272. The molecular formula is C30H29ClFNO6S. The highest BCUT2D eigenvalue weighted by molar-refractivity contribution is 7.92. The molecule has 4 rings (SSSR count). The zero-order chi connectivity index (χ0) is 29.0.